The number of carbonyl (C=O) groups excluding carboxylic acids is 1. The average Bonchev–Trinajstić information content (AvgIpc) is 2.61. The largest absolute Gasteiger partial charge is 0.325 e. The summed E-state index contributed by atoms with van der Waals surface area (Å²) < 4.78 is 0. The van der Waals surface area contributed by atoms with Gasteiger partial charge in [-0.1, -0.05) is 44.2 Å². The van der Waals surface area contributed by atoms with Crippen molar-refractivity contribution in [3.63, 3.8) is 0 Å². The minimum atomic E-state index is 0.00666. The third-order valence-corrected chi connectivity index (χ3v) is 4.94. The molecule has 24 heavy (non-hydrogen) atoms. The van der Waals surface area contributed by atoms with E-state index in [1.807, 2.05) is 36.4 Å². The van der Waals surface area contributed by atoms with E-state index in [0.29, 0.717) is 17.2 Å². The third kappa shape index (κ3) is 5.14. The van der Waals surface area contributed by atoms with Gasteiger partial charge in [-0.2, -0.15) is 5.26 Å². The van der Waals surface area contributed by atoms with Crippen LogP contribution in [0.4, 0.5) is 5.69 Å². The van der Waals surface area contributed by atoms with E-state index < -0.39 is 0 Å². The molecule has 0 spiro atoms. The Morgan fingerprint density at radius 3 is 2.79 bits per heavy atom. The molecule has 0 unspecified atom stereocenters. The second-order valence-electron chi connectivity index (χ2n) is 5.75. The molecule has 1 amide bonds. The highest BCUT2D eigenvalue weighted by Crippen LogP contribution is 2.26. The van der Waals surface area contributed by atoms with Crippen LogP contribution in [0.1, 0.15) is 42.9 Å². The van der Waals surface area contributed by atoms with Gasteiger partial charge in [-0.3, -0.25) is 4.79 Å². The highest BCUT2D eigenvalue weighted by molar-refractivity contribution is 7.99. The van der Waals surface area contributed by atoms with Gasteiger partial charge in [0.2, 0.25) is 5.91 Å². The van der Waals surface area contributed by atoms with E-state index in [2.05, 4.69) is 31.3 Å². The van der Waals surface area contributed by atoms with Crippen molar-refractivity contribution in [3.8, 4) is 6.07 Å². The fourth-order valence-electron chi connectivity index (χ4n) is 2.44. The molecule has 0 aliphatic heterocycles. The Balaban J connectivity index is 1.89. The molecule has 2 rings (SSSR count). The van der Waals surface area contributed by atoms with E-state index in [0.717, 1.165) is 23.4 Å². The molecule has 3 nitrogen and oxygen atoms in total. The first-order valence-corrected chi connectivity index (χ1v) is 9.25. The highest BCUT2D eigenvalue weighted by atomic mass is 32.2. The molecule has 0 aliphatic carbocycles. The lowest BCUT2D eigenvalue weighted by molar-refractivity contribution is -0.113. The molecular weight excluding hydrogens is 316 g/mol. The minimum absolute atomic E-state index is 0.00666. The number of rotatable bonds is 7. The number of nitrogens with zero attached hydrogens (tertiary/aromatic N) is 1. The summed E-state index contributed by atoms with van der Waals surface area (Å²) in [5.41, 5.74) is 3.80. The van der Waals surface area contributed by atoms with Gasteiger partial charge in [0.05, 0.1) is 17.4 Å². The molecule has 0 aromatic heterocycles. The van der Waals surface area contributed by atoms with E-state index in [1.54, 1.807) is 17.8 Å². The molecule has 0 saturated heterocycles. The number of hydrogen-bond donors (Lipinski definition) is 1. The van der Waals surface area contributed by atoms with E-state index in [9.17, 15) is 4.79 Å². The van der Waals surface area contributed by atoms with E-state index in [-0.39, 0.29) is 5.91 Å². The van der Waals surface area contributed by atoms with Crippen molar-refractivity contribution in [2.75, 3.05) is 11.1 Å². The van der Waals surface area contributed by atoms with Crippen molar-refractivity contribution in [2.24, 2.45) is 0 Å². The van der Waals surface area contributed by atoms with Crippen LogP contribution in [0.2, 0.25) is 0 Å². The standard InChI is InChI=1S/C20H22N2OS/c1-3-15(2)18-9-4-5-10-19(18)22-20(23)14-24-13-17-8-6-7-16(11-17)12-21/h4-11,15H,3,13-14H2,1-2H3,(H,22,23)/t15-/m1/s1. The summed E-state index contributed by atoms with van der Waals surface area (Å²) in [4.78, 5) is 12.2. The van der Waals surface area contributed by atoms with Crippen LogP contribution >= 0.6 is 11.8 Å². The van der Waals surface area contributed by atoms with Gasteiger partial charge in [-0.15, -0.1) is 11.8 Å². The molecule has 0 bridgehead atoms. The first-order chi connectivity index (χ1) is 11.6. The fraction of sp³-hybridized carbons (Fsp3) is 0.300. The quantitative estimate of drug-likeness (QED) is 0.777. The molecule has 0 aliphatic rings. The van der Waals surface area contributed by atoms with Crippen LogP contribution in [0.25, 0.3) is 0 Å². The van der Waals surface area contributed by atoms with Gasteiger partial charge >= 0.3 is 0 Å². The van der Waals surface area contributed by atoms with E-state index in [1.165, 1.54) is 5.56 Å². The Morgan fingerprint density at radius 2 is 2.04 bits per heavy atom. The minimum Gasteiger partial charge on any atom is -0.325 e. The highest BCUT2D eigenvalue weighted by Gasteiger charge is 2.11. The Hall–Kier alpha value is -2.25. The molecule has 2 aromatic rings. The summed E-state index contributed by atoms with van der Waals surface area (Å²) >= 11 is 1.55. The van der Waals surface area contributed by atoms with Gasteiger partial charge in [-0.05, 0) is 41.7 Å². The zero-order valence-electron chi connectivity index (χ0n) is 14.1. The van der Waals surface area contributed by atoms with Crippen molar-refractivity contribution in [1.29, 1.82) is 5.26 Å². The Labute approximate surface area is 148 Å². The monoisotopic (exact) mass is 338 g/mol. The molecule has 1 N–H and O–H groups in total. The topological polar surface area (TPSA) is 52.9 Å². The van der Waals surface area contributed by atoms with Crippen LogP contribution in [-0.4, -0.2) is 11.7 Å². The Bertz CT molecular complexity index is 736. The Morgan fingerprint density at radius 1 is 1.25 bits per heavy atom. The second-order valence-corrected chi connectivity index (χ2v) is 6.74. The number of nitrogens with one attached hydrogen (secondary N) is 1. The van der Waals surface area contributed by atoms with Gasteiger partial charge in [-0.25, -0.2) is 0 Å². The van der Waals surface area contributed by atoms with Crippen molar-refractivity contribution < 1.29 is 4.79 Å². The first-order valence-electron chi connectivity index (χ1n) is 8.09. The smallest absolute Gasteiger partial charge is 0.234 e. The van der Waals surface area contributed by atoms with Gasteiger partial charge in [0.15, 0.2) is 0 Å². The van der Waals surface area contributed by atoms with Crippen molar-refractivity contribution in [1.82, 2.24) is 0 Å². The molecule has 0 heterocycles. The number of anilines is 1. The van der Waals surface area contributed by atoms with Gasteiger partial charge < -0.3 is 5.32 Å². The molecule has 1 atom stereocenters. The SMILES string of the molecule is CC[C@@H](C)c1ccccc1NC(=O)CSCc1cccc(C#N)c1. The zero-order valence-corrected chi connectivity index (χ0v) is 14.9. The van der Waals surface area contributed by atoms with Crippen molar-refractivity contribution >= 4 is 23.4 Å². The van der Waals surface area contributed by atoms with Crippen LogP contribution in [-0.2, 0) is 10.5 Å². The van der Waals surface area contributed by atoms with Crippen LogP contribution in [0.15, 0.2) is 48.5 Å². The molecule has 0 fully saturated rings. The van der Waals surface area contributed by atoms with Crippen molar-refractivity contribution in [2.45, 2.75) is 31.9 Å². The zero-order chi connectivity index (χ0) is 17.4. The number of nitriles is 1. The first kappa shape index (κ1) is 18.1. The number of para-hydroxylation sites is 1. The van der Waals surface area contributed by atoms with Crippen LogP contribution in [0.5, 0.6) is 0 Å². The van der Waals surface area contributed by atoms with Crippen LogP contribution < -0.4 is 5.32 Å². The van der Waals surface area contributed by atoms with Crippen LogP contribution in [0.3, 0.4) is 0 Å². The number of carbonyl (C=O) groups is 1. The lowest BCUT2D eigenvalue weighted by Gasteiger charge is -2.15. The molecule has 4 heteroatoms. The molecule has 124 valence electrons. The molecule has 0 saturated carbocycles. The maximum absolute atomic E-state index is 12.2. The summed E-state index contributed by atoms with van der Waals surface area (Å²) in [6.45, 7) is 4.32. The summed E-state index contributed by atoms with van der Waals surface area (Å²) in [6.07, 6.45) is 1.04. The number of thioether (sulfide) groups is 1. The van der Waals surface area contributed by atoms with Crippen LogP contribution in [0, 0.1) is 11.3 Å². The van der Waals surface area contributed by atoms with E-state index in [4.69, 9.17) is 5.26 Å². The van der Waals surface area contributed by atoms with Gasteiger partial charge in [0.25, 0.3) is 0 Å². The summed E-state index contributed by atoms with van der Waals surface area (Å²) in [7, 11) is 0. The van der Waals surface area contributed by atoms with Gasteiger partial charge in [0.1, 0.15) is 0 Å². The Kier molecular flexibility index (Phi) is 6.89. The lowest BCUT2D eigenvalue weighted by Crippen LogP contribution is -2.16. The average molecular weight is 338 g/mol. The summed E-state index contributed by atoms with van der Waals surface area (Å²) in [5.74, 6) is 1.54. The fourth-order valence-corrected chi connectivity index (χ4v) is 3.21. The molecule has 0 radical (unpaired) electrons. The summed E-state index contributed by atoms with van der Waals surface area (Å²) in [6, 6.07) is 17.6. The van der Waals surface area contributed by atoms with E-state index >= 15 is 0 Å². The second kappa shape index (κ2) is 9.14. The molecular formula is C20H22N2OS. The number of amides is 1. The lowest BCUT2D eigenvalue weighted by atomic mass is 9.97. The predicted molar refractivity (Wildman–Crippen MR) is 101 cm³/mol. The third-order valence-electron chi connectivity index (χ3n) is 3.94. The van der Waals surface area contributed by atoms with Crippen molar-refractivity contribution in [3.05, 3.63) is 65.2 Å². The number of hydrogen-bond acceptors (Lipinski definition) is 3. The normalized spacial score (nSPS) is 11.5. The summed E-state index contributed by atoms with van der Waals surface area (Å²) in [5, 5.41) is 11.9. The predicted octanol–water partition coefficient (Wildman–Crippen LogP) is 4.94. The maximum atomic E-state index is 12.2. The van der Waals surface area contributed by atoms with Gasteiger partial charge in [0, 0.05) is 11.4 Å². The maximum Gasteiger partial charge on any atom is 0.234 e. The molecule has 2 aromatic carbocycles. The number of benzene rings is 2.